The predicted molar refractivity (Wildman–Crippen MR) is 60.3 cm³/mol. The first-order valence-corrected chi connectivity index (χ1v) is 5.41. The molecule has 2 rings (SSSR count). The van der Waals surface area contributed by atoms with E-state index in [-0.39, 0.29) is 0 Å². The van der Waals surface area contributed by atoms with E-state index in [9.17, 15) is 0 Å². The Labute approximate surface area is 89.4 Å². The fourth-order valence-electron chi connectivity index (χ4n) is 1.59. The summed E-state index contributed by atoms with van der Waals surface area (Å²) in [5, 5.41) is 4.18. The zero-order valence-electron chi connectivity index (χ0n) is 8.09. The molecule has 0 aromatic heterocycles. The van der Waals surface area contributed by atoms with E-state index in [1.807, 2.05) is 12.1 Å². The molecule has 3 N–H and O–H groups in total. The second kappa shape index (κ2) is 4.20. The summed E-state index contributed by atoms with van der Waals surface area (Å²) in [6.45, 7) is 0.855. The van der Waals surface area contributed by atoms with Crippen molar-refractivity contribution < 1.29 is 0 Å². The molecule has 0 saturated heterocycles. The molecule has 1 saturated carbocycles. The molecule has 1 aromatic rings. The van der Waals surface area contributed by atoms with Crippen LogP contribution in [0.2, 0.25) is 5.02 Å². The van der Waals surface area contributed by atoms with Crippen molar-refractivity contribution in [2.75, 3.05) is 5.73 Å². The molecule has 1 aliphatic carbocycles. The minimum absolute atomic E-state index is 0.699. The summed E-state index contributed by atoms with van der Waals surface area (Å²) in [6, 6.07) is 6.38. The fourth-order valence-corrected chi connectivity index (χ4v) is 1.77. The van der Waals surface area contributed by atoms with E-state index in [0.29, 0.717) is 11.1 Å². The average molecular weight is 211 g/mol. The molecule has 1 aromatic carbocycles. The Morgan fingerprint density at radius 1 is 1.43 bits per heavy atom. The quantitative estimate of drug-likeness (QED) is 0.753. The standard InChI is InChI=1S/C11H15ClN2/c12-9-5-4-8(11(13)6-9)7-14-10-2-1-3-10/h4-6,10,14H,1-3,7,13H2. The molecule has 14 heavy (non-hydrogen) atoms. The molecule has 0 amide bonds. The largest absolute Gasteiger partial charge is 0.398 e. The molecule has 0 atom stereocenters. The highest BCUT2D eigenvalue weighted by Crippen LogP contribution is 2.21. The molecule has 0 spiro atoms. The van der Waals surface area contributed by atoms with Crippen molar-refractivity contribution in [1.82, 2.24) is 5.32 Å². The summed E-state index contributed by atoms with van der Waals surface area (Å²) in [5.41, 5.74) is 7.76. The highest BCUT2D eigenvalue weighted by Gasteiger charge is 2.16. The summed E-state index contributed by atoms with van der Waals surface area (Å²) >= 11 is 5.82. The molecule has 0 radical (unpaired) electrons. The first-order chi connectivity index (χ1) is 6.75. The van der Waals surface area contributed by atoms with Crippen LogP contribution in [0, 0.1) is 0 Å². The number of nitrogens with one attached hydrogen (secondary N) is 1. The summed E-state index contributed by atoms with van der Waals surface area (Å²) in [4.78, 5) is 0. The average Bonchev–Trinajstić information content (AvgIpc) is 2.05. The van der Waals surface area contributed by atoms with Crippen molar-refractivity contribution in [2.45, 2.75) is 31.8 Å². The van der Waals surface area contributed by atoms with Gasteiger partial charge in [0.2, 0.25) is 0 Å². The number of halogens is 1. The Hall–Kier alpha value is -0.730. The van der Waals surface area contributed by atoms with Crippen molar-refractivity contribution in [1.29, 1.82) is 0 Å². The van der Waals surface area contributed by atoms with Crippen LogP contribution in [-0.4, -0.2) is 6.04 Å². The number of nitrogens with two attached hydrogens (primary N) is 1. The van der Waals surface area contributed by atoms with Crippen molar-refractivity contribution in [3.05, 3.63) is 28.8 Å². The summed E-state index contributed by atoms with van der Waals surface area (Å²) in [5.74, 6) is 0. The summed E-state index contributed by atoms with van der Waals surface area (Å²) in [7, 11) is 0. The first kappa shape index (κ1) is 9.81. The van der Waals surface area contributed by atoms with Crippen LogP contribution in [0.25, 0.3) is 0 Å². The van der Waals surface area contributed by atoms with Crippen LogP contribution in [0.5, 0.6) is 0 Å². The molecule has 0 heterocycles. The van der Waals surface area contributed by atoms with E-state index >= 15 is 0 Å². The van der Waals surface area contributed by atoms with Gasteiger partial charge < -0.3 is 11.1 Å². The lowest BCUT2D eigenvalue weighted by Gasteiger charge is -2.26. The lowest BCUT2D eigenvalue weighted by molar-refractivity contribution is 0.338. The second-order valence-corrected chi connectivity index (χ2v) is 4.29. The second-order valence-electron chi connectivity index (χ2n) is 3.85. The van der Waals surface area contributed by atoms with Crippen LogP contribution in [0.1, 0.15) is 24.8 Å². The maximum Gasteiger partial charge on any atom is 0.0426 e. The minimum atomic E-state index is 0.699. The molecule has 76 valence electrons. The Balaban J connectivity index is 1.94. The number of rotatable bonds is 3. The number of anilines is 1. The highest BCUT2D eigenvalue weighted by molar-refractivity contribution is 6.30. The van der Waals surface area contributed by atoms with Crippen LogP contribution in [-0.2, 0) is 6.54 Å². The Kier molecular flexibility index (Phi) is 2.94. The van der Waals surface area contributed by atoms with Crippen LogP contribution < -0.4 is 11.1 Å². The van der Waals surface area contributed by atoms with Crippen molar-refractivity contribution in [3.63, 3.8) is 0 Å². The van der Waals surface area contributed by atoms with Gasteiger partial charge >= 0.3 is 0 Å². The van der Waals surface area contributed by atoms with Gasteiger partial charge in [0.25, 0.3) is 0 Å². The lowest BCUT2D eigenvalue weighted by atomic mass is 9.93. The molecule has 0 unspecified atom stereocenters. The van der Waals surface area contributed by atoms with Gasteiger partial charge in [-0.25, -0.2) is 0 Å². The zero-order chi connectivity index (χ0) is 9.97. The Morgan fingerprint density at radius 3 is 2.79 bits per heavy atom. The first-order valence-electron chi connectivity index (χ1n) is 5.03. The maximum absolute atomic E-state index is 5.84. The number of benzene rings is 1. The van der Waals surface area contributed by atoms with Gasteiger partial charge in [-0.05, 0) is 30.5 Å². The smallest absolute Gasteiger partial charge is 0.0426 e. The monoisotopic (exact) mass is 210 g/mol. The summed E-state index contributed by atoms with van der Waals surface area (Å²) in [6.07, 6.45) is 3.95. The predicted octanol–water partition coefficient (Wildman–Crippen LogP) is 2.56. The van der Waals surface area contributed by atoms with E-state index < -0.39 is 0 Å². The van der Waals surface area contributed by atoms with Gasteiger partial charge in [0.15, 0.2) is 0 Å². The molecule has 2 nitrogen and oxygen atoms in total. The SMILES string of the molecule is Nc1cc(Cl)ccc1CNC1CCC1. The maximum atomic E-state index is 5.84. The van der Waals surface area contributed by atoms with E-state index in [1.165, 1.54) is 19.3 Å². The topological polar surface area (TPSA) is 38.0 Å². The Bertz CT molecular complexity index is 321. The zero-order valence-corrected chi connectivity index (χ0v) is 8.85. The molecule has 1 fully saturated rings. The van der Waals surface area contributed by atoms with Gasteiger partial charge in [0.1, 0.15) is 0 Å². The minimum Gasteiger partial charge on any atom is -0.398 e. The van der Waals surface area contributed by atoms with Crippen LogP contribution >= 0.6 is 11.6 Å². The van der Waals surface area contributed by atoms with Gasteiger partial charge in [-0.3, -0.25) is 0 Å². The molecule has 0 aliphatic heterocycles. The van der Waals surface area contributed by atoms with Gasteiger partial charge in [0, 0.05) is 23.3 Å². The summed E-state index contributed by atoms with van der Waals surface area (Å²) < 4.78 is 0. The van der Waals surface area contributed by atoms with Crippen LogP contribution in [0.15, 0.2) is 18.2 Å². The van der Waals surface area contributed by atoms with E-state index in [2.05, 4.69) is 5.32 Å². The molecule has 3 heteroatoms. The van der Waals surface area contributed by atoms with Crippen LogP contribution in [0.3, 0.4) is 0 Å². The number of hydrogen-bond donors (Lipinski definition) is 2. The number of nitrogen functional groups attached to an aromatic ring is 1. The highest BCUT2D eigenvalue weighted by atomic mass is 35.5. The van der Waals surface area contributed by atoms with E-state index in [0.717, 1.165) is 17.8 Å². The van der Waals surface area contributed by atoms with Gasteiger partial charge in [-0.2, -0.15) is 0 Å². The fraction of sp³-hybridized carbons (Fsp3) is 0.455. The lowest BCUT2D eigenvalue weighted by Crippen LogP contribution is -2.34. The number of hydrogen-bond acceptors (Lipinski definition) is 2. The van der Waals surface area contributed by atoms with Gasteiger partial charge in [-0.1, -0.05) is 24.1 Å². The Morgan fingerprint density at radius 2 is 2.21 bits per heavy atom. The van der Waals surface area contributed by atoms with Crippen molar-refractivity contribution >= 4 is 17.3 Å². The molecular weight excluding hydrogens is 196 g/mol. The third-order valence-corrected chi connectivity index (χ3v) is 3.03. The van der Waals surface area contributed by atoms with E-state index in [4.69, 9.17) is 17.3 Å². The molecular formula is C11H15ClN2. The third kappa shape index (κ3) is 2.20. The van der Waals surface area contributed by atoms with Crippen LogP contribution in [0.4, 0.5) is 5.69 Å². The van der Waals surface area contributed by atoms with Gasteiger partial charge in [0.05, 0.1) is 0 Å². The van der Waals surface area contributed by atoms with E-state index in [1.54, 1.807) is 6.07 Å². The third-order valence-electron chi connectivity index (χ3n) is 2.79. The normalized spacial score (nSPS) is 16.6. The molecule has 1 aliphatic rings. The van der Waals surface area contributed by atoms with Crippen molar-refractivity contribution in [2.24, 2.45) is 0 Å². The molecule has 0 bridgehead atoms. The van der Waals surface area contributed by atoms with Gasteiger partial charge in [-0.15, -0.1) is 0 Å². The van der Waals surface area contributed by atoms with Crippen molar-refractivity contribution in [3.8, 4) is 0 Å².